The van der Waals surface area contributed by atoms with E-state index in [9.17, 15) is 9.59 Å². The van der Waals surface area contributed by atoms with Crippen molar-refractivity contribution in [2.75, 3.05) is 13.2 Å². The molecule has 0 saturated heterocycles. The molecule has 0 aliphatic heterocycles. The molecule has 0 bridgehead atoms. The molecule has 2 amide bonds. The quantitative estimate of drug-likeness (QED) is 0.272. The van der Waals surface area contributed by atoms with E-state index in [0.717, 1.165) is 11.1 Å². The average molecular weight is 412 g/mol. The maximum atomic E-state index is 11.8. The third-order valence-corrected chi connectivity index (χ3v) is 4.03. The first-order valence-electron chi connectivity index (χ1n) is 9.95. The minimum absolute atomic E-state index is 0.143. The first-order valence-corrected chi connectivity index (χ1v) is 9.95. The van der Waals surface area contributed by atoms with Crippen molar-refractivity contribution in [3.05, 3.63) is 65.2 Å². The van der Waals surface area contributed by atoms with Crippen molar-refractivity contribution in [2.24, 2.45) is 5.10 Å². The van der Waals surface area contributed by atoms with Crippen molar-refractivity contribution in [1.29, 1.82) is 0 Å². The van der Waals surface area contributed by atoms with Gasteiger partial charge in [-0.15, -0.1) is 0 Å². The molecule has 2 rings (SSSR count). The molecule has 0 atom stereocenters. The maximum Gasteiger partial charge on any atom is 0.329 e. The van der Waals surface area contributed by atoms with Crippen molar-refractivity contribution < 1.29 is 19.1 Å². The highest BCUT2D eigenvalue weighted by atomic mass is 16.5. The van der Waals surface area contributed by atoms with Gasteiger partial charge in [0.1, 0.15) is 12.4 Å². The van der Waals surface area contributed by atoms with Gasteiger partial charge in [0.15, 0.2) is 0 Å². The first kappa shape index (κ1) is 23.1. The summed E-state index contributed by atoms with van der Waals surface area (Å²) < 4.78 is 11.2. The molecule has 2 N–H and O–H groups in total. The third kappa shape index (κ3) is 8.87. The number of carbonyl (C=O) groups is 2. The van der Waals surface area contributed by atoms with Crippen molar-refractivity contribution in [2.45, 2.75) is 39.9 Å². The van der Waals surface area contributed by atoms with Gasteiger partial charge in [-0.2, -0.15) is 5.10 Å². The lowest BCUT2D eigenvalue weighted by Gasteiger charge is -2.08. The van der Waals surface area contributed by atoms with Gasteiger partial charge in [-0.1, -0.05) is 42.0 Å². The summed E-state index contributed by atoms with van der Waals surface area (Å²) in [5.41, 5.74) is 5.24. The number of hydrogen-bond acceptors (Lipinski definition) is 5. The second-order valence-electron chi connectivity index (χ2n) is 7.07. The number of nitrogens with one attached hydrogen (secondary N) is 2. The average Bonchev–Trinajstić information content (AvgIpc) is 2.73. The summed E-state index contributed by atoms with van der Waals surface area (Å²) >= 11 is 0. The fourth-order valence-corrected chi connectivity index (χ4v) is 2.43. The summed E-state index contributed by atoms with van der Waals surface area (Å²) in [5.74, 6) is -0.859. The Morgan fingerprint density at radius 1 is 1.10 bits per heavy atom. The van der Waals surface area contributed by atoms with Gasteiger partial charge >= 0.3 is 11.8 Å². The van der Waals surface area contributed by atoms with Crippen molar-refractivity contribution >= 4 is 18.0 Å². The molecule has 0 fully saturated rings. The van der Waals surface area contributed by atoms with E-state index >= 15 is 0 Å². The zero-order valence-corrected chi connectivity index (χ0v) is 17.7. The second kappa shape index (κ2) is 12.4. The monoisotopic (exact) mass is 411 g/mol. The number of amides is 2. The molecule has 30 heavy (non-hydrogen) atoms. The molecule has 7 nitrogen and oxygen atoms in total. The van der Waals surface area contributed by atoms with E-state index in [2.05, 4.69) is 15.8 Å². The van der Waals surface area contributed by atoms with Gasteiger partial charge in [0.25, 0.3) is 0 Å². The number of carbonyl (C=O) groups excluding carboxylic acids is 2. The van der Waals surface area contributed by atoms with Crippen LogP contribution in [0.15, 0.2) is 53.6 Å². The van der Waals surface area contributed by atoms with Crippen molar-refractivity contribution in [3.63, 3.8) is 0 Å². The Bertz CT molecular complexity index is 848. The Kier molecular flexibility index (Phi) is 9.54. The zero-order chi connectivity index (χ0) is 21.8. The molecule has 0 aliphatic carbocycles. The standard InChI is InChI=1S/C23H29N3O4/c1-17(2)29-13-5-12-24-22(27)23(28)26-25-15-20-6-4-7-21(14-20)30-16-19-10-8-18(3)9-11-19/h4,6-11,14-15,17H,5,12-13,16H2,1-3H3,(H,24,27)(H,26,28)/b25-15-. The summed E-state index contributed by atoms with van der Waals surface area (Å²) in [5, 5.41) is 6.36. The first-order chi connectivity index (χ1) is 14.4. The summed E-state index contributed by atoms with van der Waals surface area (Å²) in [6, 6.07) is 15.4. The van der Waals surface area contributed by atoms with Crippen LogP contribution in [0.4, 0.5) is 0 Å². The molecule has 2 aromatic rings. The normalized spacial score (nSPS) is 10.9. The van der Waals surface area contributed by atoms with E-state index in [1.165, 1.54) is 11.8 Å². The van der Waals surface area contributed by atoms with E-state index < -0.39 is 11.8 Å². The van der Waals surface area contributed by atoms with Crippen LogP contribution in [0.1, 0.15) is 37.0 Å². The molecule has 0 aliphatic rings. The van der Waals surface area contributed by atoms with Crippen molar-refractivity contribution in [3.8, 4) is 5.75 Å². The van der Waals surface area contributed by atoms with Crippen LogP contribution in [0.25, 0.3) is 0 Å². The highest BCUT2D eigenvalue weighted by Gasteiger charge is 2.11. The molecule has 0 saturated carbocycles. The highest BCUT2D eigenvalue weighted by molar-refractivity contribution is 6.35. The number of hydrazone groups is 1. The lowest BCUT2D eigenvalue weighted by molar-refractivity contribution is -0.139. The Balaban J connectivity index is 1.74. The number of aryl methyl sites for hydroxylation is 1. The van der Waals surface area contributed by atoms with Gasteiger partial charge in [-0.05, 0) is 50.5 Å². The smallest absolute Gasteiger partial charge is 0.329 e. The number of benzene rings is 2. The maximum absolute atomic E-state index is 11.8. The van der Waals surface area contributed by atoms with E-state index in [1.807, 2.05) is 63.2 Å². The Morgan fingerprint density at radius 3 is 2.60 bits per heavy atom. The lowest BCUT2D eigenvalue weighted by Crippen LogP contribution is -2.38. The van der Waals surface area contributed by atoms with Gasteiger partial charge in [-0.25, -0.2) is 5.43 Å². The molecule has 0 heterocycles. The molecule has 0 spiro atoms. The number of rotatable bonds is 10. The number of nitrogens with zero attached hydrogens (tertiary/aromatic N) is 1. The van der Waals surface area contributed by atoms with Gasteiger partial charge in [-0.3, -0.25) is 9.59 Å². The Morgan fingerprint density at radius 2 is 1.87 bits per heavy atom. The minimum Gasteiger partial charge on any atom is -0.489 e. The number of hydrogen-bond donors (Lipinski definition) is 2. The molecular weight excluding hydrogens is 382 g/mol. The molecule has 7 heteroatoms. The summed E-state index contributed by atoms with van der Waals surface area (Å²) in [6.45, 7) is 7.27. The highest BCUT2D eigenvalue weighted by Crippen LogP contribution is 2.14. The van der Waals surface area contributed by atoms with Gasteiger partial charge in [0, 0.05) is 13.2 Å². The van der Waals surface area contributed by atoms with Crippen molar-refractivity contribution in [1.82, 2.24) is 10.7 Å². The SMILES string of the molecule is Cc1ccc(COc2cccc(/C=N\NC(=O)C(=O)NCCCOC(C)C)c2)cc1. The molecule has 0 radical (unpaired) electrons. The van der Waals surface area contributed by atoms with Crippen LogP contribution in [-0.2, 0) is 20.9 Å². The van der Waals surface area contributed by atoms with Crippen LogP contribution < -0.4 is 15.5 Å². The zero-order valence-electron chi connectivity index (χ0n) is 17.7. The number of ether oxygens (including phenoxy) is 2. The fraction of sp³-hybridized carbons (Fsp3) is 0.348. The summed E-state index contributed by atoms with van der Waals surface area (Å²) in [7, 11) is 0. The fourth-order valence-electron chi connectivity index (χ4n) is 2.43. The summed E-state index contributed by atoms with van der Waals surface area (Å²) in [4.78, 5) is 23.5. The Labute approximate surface area is 177 Å². The summed E-state index contributed by atoms with van der Waals surface area (Å²) in [6.07, 6.45) is 2.24. The largest absolute Gasteiger partial charge is 0.489 e. The minimum atomic E-state index is -0.817. The van der Waals surface area contributed by atoms with E-state index in [1.54, 1.807) is 6.07 Å². The van der Waals surface area contributed by atoms with Gasteiger partial charge in [0.2, 0.25) is 0 Å². The van der Waals surface area contributed by atoms with E-state index in [-0.39, 0.29) is 6.10 Å². The lowest BCUT2D eigenvalue weighted by atomic mass is 10.2. The van der Waals surface area contributed by atoms with Crippen LogP contribution >= 0.6 is 0 Å². The molecule has 0 unspecified atom stereocenters. The van der Waals surface area contributed by atoms with Crippen LogP contribution in [0.3, 0.4) is 0 Å². The van der Waals surface area contributed by atoms with Gasteiger partial charge < -0.3 is 14.8 Å². The molecule has 2 aromatic carbocycles. The Hall–Kier alpha value is -3.19. The third-order valence-electron chi connectivity index (χ3n) is 4.03. The topological polar surface area (TPSA) is 89.0 Å². The molecule has 0 aromatic heterocycles. The van der Waals surface area contributed by atoms with E-state index in [0.29, 0.717) is 31.9 Å². The van der Waals surface area contributed by atoms with Crippen LogP contribution in [-0.4, -0.2) is 37.3 Å². The predicted octanol–water partition coefficient (Wildman–Crippen LogP) is 2.96. The molecule has 160 valence electrons. The van der Waals surface area contributed by atoms with Crippen LogP contribution in [0.5, 0.6) is 5.75 Å². The molecular formula is C23H29N3O4. The van der Waals surface area contributed by atoms with Gasteiger partial charge in [0.05, 0.1) is 12.3 Å². The van der Waals surface area contributed by atoms with Crippen LogP contribution in [0.2, 0.25) is 0 Å². The van der Waals surface area contributed by atoms with E-state index in [4.69, 9.17) is 9.47 Å². The van der Waals surface area contributed by atoms with Crippen LogP contribution in [0, 0.1) is 6.92 Å². The predicted molar refractivity (Wildman–Crippen MR) is 116 cm³/mol. The second-order valence-corrected chi connectivity index (χ2v) is 7.07.